The van der Waals surface area contributed by atoms with Crippen molar-refractivity contribution >= 4 is 12.1 Å². The van der Waals surface area contributed by atoms with Gasteiger partial charge in [-0.1, -0.05) is 91.0 Å². The summed E-state index contributed by atoms with van der Waals surface area (Å²) in [4.78, 5) is 26.0. The Bertz CT molecular complexity index is 1270. The van der Waals surface area contributed by atoms with Crippen molar-refractivity contribution < 1.29 is 38.0 Å². The lowest BCUT2D eigenvalue weighted by Crippen LogP contribution is -2.55. The molecule has 3 aromatic rings. The van der Waals surface area contributed by atoms with Crippen LogP contribution in [0.15, 0.2) is 91.0 Å². The van der Waals surface area contributed by atoms with Crippen LogP contribution < -0.4 is 5.32 Å². The van der Waals surface area contributed by atoms with Gasteiger partial charge in [0.25, 0.3) is 0 Å². The Morgan fingerprint density at radius 3 is 1.74 bits per heavy atom. The molecule has 230 valence electrons. The maximum Gasteiger partial charge on any atom is 0.408 e. The van der Waals surface area contributed by atoms with Crippen LogP contribution in [0.4, 0.5) is 4.79 Å². The van der Waals surface area contributed by atoms with Crippen molar-refractivity contribution in [3.63, 3.8) is 0 Å². The average molecular weight is 592 g/mol. The van der Waals surface area contributed by atoms with E-state index in [1.807, 2.05) is 91.0 Å². The van der Waals surface area contributed by atoms with E-state index in [0.717, 1.165) is 16.7 Å². The summed E-state index contributed by atoms with van der Waals surface area (Å²) in [5.41, 5.74) is 2.13. The summed E-state index contributed by atoms with van der Waals surface area (Å²) in [5.74, 6) is -0.697. The molecule has 0 saturated carbocycles. The van der Waals surface area contributed by atoms with E-state index in [1.165, 1.54) is 7.11 Å². The maximum atomic E-state index is 13.1. The average Bonchev–Trinajstić information content (AvgIpc) is 3.34. The molecule has 1 heterocycles. The van der Waals surface area contributed by atoms with Crippen LogP contribution in [0, 0.1) is 0 Å². The number of methoxy groups -OCH3 is 1. The second-order valence-corrected chi connectivity index (χ2v) is 11.3. The quantitative estimate of drug-likeness (QED) is 0.271. The minimum atomic E-state index is -1.23. The van der Waals surface area contributed by atoms with E-state index in [1.54, 1.807) is 20.8 Å². The zero-order chi connectivity index (χ0) is 30.7. The number of hydrogen-bond donors (Lipinski definition) is 1. The smallest absolute Gasteiger partial charge is 0.408 e. The lowest BCUT2D eigenvalue weighted by Gasteiger charge is -2.29. The summed E-state index contributed by atoms with van der Waals surface area (Å²) in [7, 11) is 1.25. The SMILES string of the molecule is COC(=O)[C@H](NC(=O)OC(C)(C)C)[C@@H]1O[C@@H](COCc2ccccc2)[C@H](OCc2ccccc2)[C@@H]1OCc1ccccc1. The largest absolute Gasteiger partial charge is 0.467 e. The van der Waals surface area contributed by atoms with Crippen molar-refractivity contribution in [3.05, 3.63) is 108 Å². The number of rotatable bonds is 13. The molecule has 0 bridgehead atoms. The number of hydrogen-bond acceptors (Lipinski definition) is 8. The molecule has 3 aromatic carbocycles. The van der Waals surface area contributed by atoms with Gasteiger partial charge in [0, 0.05) is 0 Å². The van der Waals surface area contributed by atoms with Gasteiger partial charge in [-0.25, -0.2) is 9.59 Å². The fourth-order valence-electron chi connectivity index (χ4n) is 4.79. The Labute approximate surface area is 253 Å². The van der Waals surface area contributed by atoms with Crippen molar-refractivity contribution in [2.75, 3.05) is 13.7 Å². The zero-order valence-corrected chi connectivity index (χ0v) is 25.1. The highest BCUT2D eigenvalue weighted by atomic mass is 16.6. The summed E-state index contributed by atoms with van der Waals surface area (Å²) in [5, 5.41) is 2.65. The topological polar surface area (TPSA) is 102 Å². The lowest BCUT2D eigenvalue weighted by atomic mass is 10.0. The lowest BCUT2D eigenvalue weighted by molar-refractivity contribution is -0.151. The molecule has 9 nitrogen and oxygen atoms in total. The van der Waals surface area contributed by atoms with Crippen LogP contribution >= 0.6 is 0 Å². The van der Waals surface area contributed by atoms with E-state index in [0.29, 0.717) is 6.61 Å². The number of benzene rings is 3. The third kappa shape index (κ3) is 9.90. The monoisotopic (exact) mass is 591 g/mol. The van der Waals surface area contributed by atoms with E-state index >= 15 is 0 Å². The molecule has 4 rings (SSSR count). The van der Waals surface area contributed by atoms with Gasteiger partial charge < -0.3 is 33.7 Å². The molecule has 0 spiro atoms. The van der Waals surface area contributed by atoms with E-state index in [-0.39, 0.29) is 19.8 Å². The molecule has 0 aromatic heterocycles. The van der Waals surface area contributed by atoms with Gasteiger partial charge in [0.1, 0.15) is 30.0 Å². The number of ether oxygens (including phenoxy) is 6. The van der Waals surface area contributed by atoms with Crippen molar-refractivity contribution in [3.8, 4) is 0 Å². The second kappa shape index (κ2) is 15.6. The van der Waals surface area contributed by atoms with E-state index in [2.05, 4.69) is 5.32 Å². The molecule has 9 heteroatoms. The minimum absolute atomic E-state index is 0.163. The van der Waals surface area contributed by atoms with Crippen LogP contribution in [-0.2, 0) is 53.0 Å². The van der Waals surface area contributed by atoms with Gasteiger partial charge in [0.15, 0.2) is 6.04 Å². The second-order valence-electron chi connectivity index (χ2n) is 11.3. The highest BCUT2D eigenvalue weighted by molar-refractivity contribution is 5.82. The van der Waals surface area contributed by atoms with Gasteiger partial charge in [-0.15, -0.1) is 0 Å². The number of carbonyl (C=O) groups is 2. The summed E-state index contributed by atoms with van der Waals surface area (Å²) >= 11 is 0. The first kappa shape index (κ1) is 32.2. The molecule has 1 aliphatic rings. The number of amides is 1. The Balaban J connectivity index is 1.61. The molecule has 43 heavy (non-hydrogen) atoms. The van der Waals surface area contributed by atoms with E-state index in [4.69, 9.17) is 28.4 Å². The maximum absolute atomic E-state index is 13.1. The normalized spacial score (nSPS) is 20.7. The van der Waals surface area contributed by atoms with Crippen LogP contribution in [0.5, 0.6) is 0 Å². The molecule has 0 unspecified atom stereocenters. The molecule has 1 amide bonds. The number of carbonyl (C=O) groups excluding carboxylic acids is 2. The fourth-order valence-corrected chi connectivity index (χ4v) is 4.79. The summed E-state index contributed by atoms with van der Waals surface area (Å²) in [6, 6.07) is 28.0. The molecule has 1 fully saturated rings. The van der Waals surface area contributed by atoms with Gasteiger partial charge in [-0.05, 0) is 37.5 Å². The Morgan fingerprint density at radius 2 is 1.26 bits per heavy atom. The third-order valence-electron chi connectivity index (χ3n) is 6.77. The Morgan fingerprint density at radius 1 is 0.767 bits per heavy atom. The highest BCUT2D eigenvalue weighted by Gasteiger charge is 2.52. The first-order valence-electron chi connectivity index (χ1n) is 14.4. The van der Waals surface area contributed by atoms with Crippen molar-refractivity contribution in [1.82, 2.24) is 5.32 Å². The van der Waals surface area contributed by atoms with Crippen LogP contribution in [0.2, 0.25) is 0 Å². The first-order valence-corrected chi connectivity index (χ1v) is 14.4. The van der Waals surface area contributed by atoms with Gasteiger partial charge in [0.05, 0.1) is 33.5 Å². The minimum Gasteiger partial charge on any atom is -0.467 e. The summed E-state index contributed by atoms with van der Waals surface area (Å²) in [6.07, 6.45) is -3.77. The van der Waals surface area contributed by atoms with E-state index in [9.17, 15) is 9.59 Å². The standard InChI is InChI=1S/C34H41NO8/c1-34(2,3)43-33(37)35-28(32(36)38-4)30-31(41-22-26-18-12-7-13-19-26)29(40-21-25-16-10-6-11-17-25)27(42-30)23-39-20-24-14-8-5-9-15-24/h5-19,27-31H,20-23H2,1-4H3,(H,35,37)/t27-,28+,29-,30-,31-/m0/s1. The number of alkyl carbamates (subject to hydrolysis) is 1. The van der Waals surface area contributed by atoms with Crippen molar-refractivity contribution in [1.29, 1.82) is 0 Å². The van der Waals surface area contributed by atoms with Crippen LogP contribution in [0.3, 0.4) is 0 Å². The van der Waals surface area contributed by atoms with Crippen LogP contribution in [0.25, 0.3) is 0 Å². The molecule has 1 aliphatic heterocycles. The van der Waals surface area contributed by atoms with Crippen LogP contribution in [-0.4, -0.2) is 61.8 Å². The Kier molecular flexibility index (Phi) is 11.7. The molecule has 0 aliphatic carbocycles. The van der Waals surface area contributed by atoms with Crippen LogP contribution in [0.1, 0.15) is 37.5 Å². The zero-order valence-electron chi connectivity index (χ0n) is 25.1. The molecule has 1 saturated heterocycles. The first-order chi connectivity index (χ1) is 20.7. The molecular weight excluding hydrogens is 550 g/mol. The Hall–Kier alpha value is -3.76. The summed E-state index contributed by atoms with van der Waals surface area (Å²) in [6.45, 7) is 6.26. The fraction of sp³-hybridized carbons (Fsp3) is 0.412. The molecule has 1 N–H and O–H groups in total. The highest BCUT2D eigenvalue weighted by Crippen LogP contribution is 2.31. The van der Waals surface area contributed by atoms with Gasteiger partial charge >= 0.3 is 12.1 Å². The summed E-state index contributed by atoms with van der Waals surface area (Å²) < 4.78 is 36.0. The third-order valence-corrected chi connectivity index (χ3v) is 6.77. The van der Waals surface area contributed by atoms with Crippen molar-refractivity contribution in [2.45, 2.75) is 76.7 Å². The molecule has 5 atom stereocenters. The number of nitrogens with one attached hydrogen (secondary N) is 1. The van der Waals surface area contributed by atoms with Gasteiger partial charge in [0.2, 0.25) is 0 Å². The van der Waals surface area contributed by atoms with Gasteiger partial charge in [-0.3, -0.25) is 0 Å². The molecule has 0 radical (unpaired) electrons. The van der Waals surface area contributed by atoms with E-state index < -0.39 is 48.1 Å². The van der Waals surface area contributed by atoms with Crippen molar-refractivity contribution in [2.24, 2.45) is 0 Å². The predicted octanol–water partition coefficient (Wildman–Crippen LogP) is 5.21. The number of esters is 1. The predicted molar refractivity (Wildman–Crippen MR) is 160 cm³/mol. The molecular formula is C34H41NO8. The van der Waals surface area contributed by atoms with Gasteiger partial charge in [-0.2, -0.15) is 0 Å².